The first-order chi connectivity index (χ1) is 18.1. The maximum Gasteiger partial charge on any atom is 0.199 e. The molecule has 2 saturated heterocycles. The van der Waals surface area contributed by atoms with Crippen molar-refractivity contribution in [3.05, 3.63) is 11.8 Å². The largest absolute Gasteiger partial charge is 0.469 e. The Kier molecular flexibility index (Phi) is 8.28. The number of carbonyl (C=O) groups excluding carboxylic acids is 1. The monoisotopic (exact) mass is 516 g/mol. The van der Waals surface area contributed by atoms with E-state index in [1.807, 2.05) is 0 Å². The molecule has 208 valence electrons. The summed E-state index contributed by atoms with van der Waals surface area (Å²) in [4.78, 5) is 11.7. The highest BCUT2D eigenvalue weighted by molar-refractivity contribution is 5.50. The van der Waals surface area contributed by atoms with Crippen LogP contribution in [0.1, 0.15) is 103 Å². The third kappa shape index (κ3) is 5.97. The van der Waals surface area contributed by atoms with Gasteiger partial charge in [-0.1, -0.05) is 0 Å². The summed E-state index contributed by atoms with van der Waals surface area (Å²) in [5.74, 6) is 3.42. The number of aliphatic hydroxyl groups excluding tert-OH is 1. The van der Waals surface area contributed by atoms with Crippen LogP contribution in [0.2, 0.25) is 0 Å². The summed E-state index contributed by atoms with van der Waals surface area (Å²) in [6, 6.07) is 0. The van der Waals surface area contributed by atoms with Crippen LogP contribution in [0, 0.1) is 35.0 Å². The Bertz CT molecular complexity index is 762. The lowest BCUT2D eigenvalue weighted by molar-refractivity contribution is -0.201. The zero-order chi connectivity index (χ0) is 25.2. The molecule has 7 fully saturated rings. The summed E-state index contributed by atoms with van der Waals surface area (Å²) in [6.45, 7) is 1.45. The van der Waals surface area contributed by atoms with Gasteiger partial charge in [0.2, 0.25) is 0 Å². The normalized spacial score (nSPS) is 45.8. The number of hydrogen-bond donors (Lipinski definition) is 1. The lowest BCUT2D eigenvalue weighted by Crippen LogP contribution is -2.45. The molecule has 37 heavy (non-hydrogen) atoms. The predicted molar refractivity (Wildman–Crippen MR) is 139 cm³/mol. The van der Waals surface area contributed by atoms with Crippen molar-refractivity contribution in [2.75, 3.05) is 13.2 Å². The summed E-state index contributed by atoms with van der Waals surface area (Å²) in [7, 11) is 0. The summed E-state index contributed by atoms with van der Waals surface area (Å²) < 4.78 is 25.0. The van der Waals surface area contributed by atoms with Crippen molar-refractivity contribution in [3.63, 3.8) is 0 Å². The first-order valence-electron chi connectivity index (χ1n) is 15.5. The number of ether oxygens (including phenoxy) is 4. The van der Waals surface area contributed by atoms with Gasteiger partial charge in [-0.05, 0) is 113 Å². The number of rotatable bonds is 10. The van der Waals surface area contributed by atoms with Crippen molar-refractivity contribution in [1.82, 2.24) is 0 Å². The van der Waals surface area contributed by atoms with Crippen molar-refractivity contribution >= 4 is 6.29 Å². The molecule has 1 N–H and O–H groups in total. The maximum absolute atomic E-state index is 11.7. The van der Waals surface area contributed by atoms with Gasteiger partial charge in [-0.25, -0.2) is 0 Å². The third-order valence-corrected chi connectivity index (χ3v) is 10.6. The van der Waals surface area contributed by atoms with Crippen LogP contribution in [0.4, 0.5) is 0 Å². The molecule has 0 spiro atoms. The molecule has 6 atom stereocenters. The minimum absolute atomic E-state index is 0.146. The fraction of sp³-hybridized carbons (Fsp3) is 0.903. The number of carbonyl (C=O) groups is 1. The summed E-state index contributed by atoms with van der Waals surface area (Å²) in [6.07, 6.45) is 19.8. The zero-order valence-corrected chi connectivity index (χ0v) is 22.6. The lowest BCUT2D eigenvalue weighted by atomic mass is 9.48. The Morgan fingerprint density at radius 1 is 0.892 bits per heavy atom. The molecule has 0 radical (unpaired) electrons. The average molecular weight is 517 g/mol. The van der Waals surface area contributed by atoms with Crippen LogP contribution in [0.25, 0.3) is 0 Å². The van der Waals surface area contributed by atoms with Crippen LogP contribution in [0.3, 0.4) is 0 Å². The van der Waals surface area contributed by atoms with Gasteiger partial charge in [-0.15, -0.1) is 0 Å². The molecule has 0 amide bonds. The molecule has 5 saturated carbocycles. The van der Waals surface area contributed by atoms with E-state index >= 15 is 0 Å². The van der Waals surface area contributed by atoms with Gasteiger partial charge in [-0.2, -0.15) is 0 Å². The van der Waals surface area contributed by atoms with E-state index in [0.717, 1.165) is 88.0 Å². The lowest BCUT2D eigenvalue weighted by Gasteiger charge is -2.57. The molecule has 7 rings (SSSR count). The van der Waals surface area contributed by atoms with Crippen molar-refractivity contribution < 1.29 is 28.8 Å². The van der Waals surface area contributed by atoms with E-state index < -0.39 is 6.10 Å². The number of aldehydes is 1. The highest BCUT2D eigenvalue weighted by atomic mass is 16.7. The number of hydrogen-bond acceptors (Lipinski definition) is 6. The molecule has 6 heteroatoms. The van der Waals surface area contributed by atoms with Gasteiger partial charge in [0.1, 0.15) is 12.0 Å². The summed E-state index contributed by atoms with van der Waals surface area (Å²) in [5, 5.41) is 11.0. The molecule has 4 bridgehead atoms. The number of allylic oxidation sites excluding steroid dienone is 1. The Hall–Kier alpha value is -0.950. The number of aliphatic hydroxyl groups is 1. The Morgan fingerprint density at radius 2 is 1.54 bits per heavy atom. The van der Waals surface area contributed by atoms with Crippen molar-refractivity contribution in [2.45, 2.75) is 128 Å². The van der Waals surface area contributed by atoms with Crippen LogP contribution >= 0.6 is 0 Å². The molecular weight excluding hydrogens is 468 g/mol. The quantitative estimate of drug-likeness (QED) is 0.288. The molecular formula is C31H48O6. The maximum atomic E-state index is 11.7. The summed E-state index contributed by atoms with van der Waals surface area (Å²) in [5.41, 5.74) is 0.515. The van der Waals surface area contributed by atoms with E-state index in [1.54, 1.807) is 0 Å². The predicted octanol–water partition coefficient (Wildman–Crippen LogP) is 5.91. The van der Waals surface area contributed by atoms with E-state index in [0.29, 0.717) is 18.3 Å². The van der Waals surface area contributed by atoms with E-state index in [-0.39, 0.29) is 30.5 Å². The minimum atomic E-state index is -0.578. The van der Waals surface area contributed by atoms with Crippen LogP contribution in [-0.2, 0) is 23.7 Å². The molecule has 7 aliphatic rings. The highest BCUT2D eigenvalue weighted by Gasteiger charge is 2.51. The van der Waals surface area contributed by atoms with Gasteiger partial charge in [0.15, 0.2) is 12.6 Å². The minimum Gasteiger partial charge on any atom is -0.469 e. The average Bonchev–Trinajstić information content (AvgIpc) is 3.18. The second-order valence-corrected chi connectivity index (χ2v) is 13.3. The van der Waals surface area contributed by atoms with Crippen LogP contribution < -0.4 is 0 Å². The van der Waals surface area contributed by atoms with E-state index in [1.165, 1.54) is 44.9 Å². The SMILES string of the molecule is O=CCC1[C@H](O)C[C@H](OC2CCCCO2)[C@H]1C(=CCCC12CC3CC(CC(C3)C1)C2)OC1CCCCO1. The van der Waals surface area contributed by atoms with Gasteiger partial charge in [0.25, 0.3) is 0 Å². The molecule has 2 aliphatic heterocycles. The fourth-order valence-corrected chi connectivity index (χ4v) is 9.37. The Balaban J connectivity index is 1.21. The van der Waals surface area contributed by atoms with Gasteiger partial charge in [0.05, 0.1) is 18.8 Å². The molecule has 0 aromatic carbocycles. The van der Waals surface area contributed by atoms with Crippen LogP contribution in [-0.4, -0.2) is 49.4 Å². The molecule has 0 aromatic rings. The van der Waals surface area contributed by atoms with Crippen LogP contribution in [0.5, 0.6) is 0 Å². The van der Waals surface area contributed by atoms with Gasteiger partial charge >= 0.3 is 0 Å². The van der Waals surface area contributed by atoms with E-state index in [4.69, 9.17) is 18.9 Å². The van der Waals surface area contributed by atoms with E-state index in [2.05, 4.69) is 6.08 Å². The van der Waals surface area contributed by atoms with Gasteiger partial charge < -0.3 is 28.8 Å². The van der Waals surface area contributed by atoms with Crippen molar-refractivity contribution in [1.29, 1.82) is 0 Å². The molecule has 5 aliphatic carbocycles. The Morgan fingerprint density at radius 3 is 2.14 bits per heavy atom. The van der Waals surface area contributed by atoms with Crippen molar-refractivity contribution in [2.24, 2.45) is 35.0 Å². The fourth-order valence-electron chi connectivity index (χ4n) is 9.37. The van der Waals surface area contributed by atoms with Crippen molar-refractivity contribution in [3.8, 4) is 0 Å². The first-order valence-corrected chi connectivity index (χ1v) is 15.5. The highest BCUT2D eigenvalue weighted by Crippen LogP contribution is 2.61. The van der Waals surface area contributed by atoms with Crippen LogP contribution in [0.15, 0.2) is 11.8 Å². The molecule has 2 heterocycles. The second-order valence-electron chi connectivity index (χ2n) is 13.3. The van der Waals surface area contributed by atoms with Gasteiger partial charge in [-0.3, -0.25) is 0 Å². The smallest absolute Gasteiger partial charge is 0.199 e. The van der Waals surface area contributed by atoms with E-state index in [9.17, 15) is 9.90 Å². The topological polar surface area (TPSA) is 74.2 Å². The molecule has 6 nitrogen and oxygen atoms in total. The standard InChI is InChI=1S/C31H48O6/c32-11-9-24-25(33)17-27(37-29-8-2-4-13-35-29)30(24)26(36-28-7-1-3-12-34-28)6-5-10-31-18-21-14-22(19-31)16-23(15-21)20-31/h6,11,21-25,27-30,33H,1-5,7-10,12-20H2/t21?,22?,23?,24?,25-,27+,28?,29?,30-,31?/m1/s1. The van der Waals surface area contributed by atoms with Gasteiger partial charge in [0, 0.05) is 37.7 Å². The summed E-state index contributed by atoms with van der Waals surface area (Å²) >= 11 is 0. The first kappa shape index (κ1) is 26.3. The molecule has 3 unspecified atom stereocenters. The Labute approximate surface area is 222 Å². The second kappa shape index (κ2) is 11.7. The zero-order valence-electron chi connectivity index (χ0n) is 22.6. The third-order valence-electron chi connectivity index (χ3n) is 10.6. The molecule has 0 aromatic heterocycles.